The molecule has 5 heteroatoms. The first-order valence-electron chi connectivity index (χ1n) is 5.79. The zero-order chi connectivity index (χ0) is 13.3. The number of carboxylic acids is 1. The van der Waals surface area contributed by atoms with Gasteiger partial charge in [0.2, 0.25) is 0 Å². The van der Waals surface area contributed by atoms with E-state index in [1.807, 2.05) is 13.0 Å². The Labute approximate surface area is 114 Å². The first kappa shape index (κ1) is 13.1. The highest BCUT2D eigenvalue weighted by Crippen LogP contribution is 2.33. The molecule has 1 unspecified atom stereocenters. The molecule has 0 aromatic heterocycles. The minimum Gasteiger partial charge on any atom is -0.480 e. The summed E-state index contributed by atoms with van der Waals surface area (Å²) >= 11 is 3.35. The van der Waals surface area contributed by atoms with E-state index in [2.05, 4.69) is 21.2 Å². The van der Waals surface area contributed by atoms with Crippen LogP contribution in [0.4, 0.5) is 0 Å². The van der Waals surface area contributed by atoms with Crippen molar-refractivity contribution in [1.29, 1.82) is 0 Å². The van der Waals surface area contributed by atoms with Crippen molar-refractivity contribution in [1.82, 2.24) is 5.32 Å². The van der Waals surface area contributed by atoms with Crippen molar-refractivity contribution in [3.8, 4) is 0 Å². The molecule has 18 heavy (non-hydrogen) atoms. The van der Waals surface area contributed by atoms with Gasteiger partial charge in [-0.05, 0) is 53.2 Å². The lowest BCUT2D eigenvalue weighted by Crippen LogP contribution is -2.42. The van der Waals surface area contributed by atoms with E-state index >= 15 is 0 Å². The van der Waals surface area contributed by atoms with Gasteiger partial charge < -0.3 is 10.4 Å². The molecule has 0 spiro atoms. The molecule has 0 heterocycles. The normalized spacial score (nSPS) is 16.1. The molecule has 1 aliphatic carbocycles. The van der Waals surface area contributed by atoms with Crippen molar-refractivity contribution in [3.63, 3.8) is 0 Å². The maximum Gasteiger partial charge on any atom is 0.326 e. The van der Waals surface area contributed by atoms with Gasteiger partial charge in [0.05, 0.1) is 5.56 Å². The molecular formula is C13H14BrNO3. The summed E-state index contributed by atoms with van der Waals surface area (Å²) in [6.45, 7) is 1.89. The third-order valence-corrected chi connectivity index (χ3v) is 4.14. The minimum atomic E-state index is -0.963. The summed E-state index contributed by atoms with van der Waals surface area (Å²) in [5, 5.41) is 11.7. The fraction of sp³-hybridized carbons (Fsp3) is 0.385. The largest absolute Gasteiger partial charge is 0.480 e. The first-order chi connectivity index (χ1) is 8.50. The third kappa shape index (κ3) is 2.72. The number of rotatable bonds is 4. The fourth-order valence-electron chi connectivity index (χ4n) is 1.85. The second-order valence-electron chi connectivity index (χ2n) is 4.56. The number of carbonyl (C=O) groups is 2. The number of benzene rings is 1. The number of hydrogen-bond donors (Lipinski definition) is 2. The van der Waals surface area contributed by atoms with Crippen LogP contribution in [0.15, 0.2) is 22.7 Å². The topological polar surface area (TPSA) is 66.4 Å². The number of amides is 1. The number of hydrogen-bond acceptors (Lipinski definition) is 2. The molecule has 0 bridgehead atoms. The standard InChI is InChI=1S/C13H14BrNO3/c1-7-3-2-4-9(10(7)14)12(16)15-11(13(17)18)8-5-6-8/h2-4,8,11H,5-6H2,1H3,(H,15,16)(H,17,18). The summed E-state index contributed by atoms with van der Waals surface area (Å²) in [5.41, 5.74) is 1.42. The van der Waals surface area contributed by atoms with Gasteiger partial charge in [0.15, 0.2) is 0 Å². The van der Waals surface area contributed by atoms with E-state index in [9.17, 15) is 9.59 Å². The minimum absolute atomic E-state index is 0.0787. The van der Waals surface area contributed by atoms with E-state index < -0.39 is 12.0 Å². The van der Waals surface area contributed by atoms with Crippen LogP contribution in [0.5, 0.6) is 0 Å². The molecule has 1 saturated carbocycles. The van der Waals surface area contributed by atoms with E-state index in [4.69, 9.17) is 5.11 Å². The molecule has 1 fully saturated rings. The zero-order valence-corrected chi connectivity index (χ0v) is 11.5. The maximum absolute atomic E-state index is 12.1. The molecule has 2 N–H and O–H groups in total. The van der Waals surface area contributed by atoms with Crippen LogP contribution in [-0.2, 0) is 4.79 Å². The molecule has 0 saturated heterocycles. The van der Waals surface area contributed by atoms with Crippen LogP contribution in [0.1, 0.15) is 28.8 Å². The van der Waals surface area contributed by atoms with Crippen LogP contribution in [-0.4, -0.2) is 23.0 Å². The Hall–Kier alpha value is -1.36. The van der Waals surface area contributed by atoms with Crippen molar-refractivity contribution in [3.05, 3.63) is 33.8 Å². The molecule has 1 aromatic rings. The Morgan fingerprint density at radius 1 is 1.44 bits per heavy atom. The number of halogens is 1. The Morgan fingerprint density at radius 3 is 2.67 bits per heavy atom. The van der Waals surface area contributed by atoms with Gasteiger partial charge in [-0.3, -0.25) is 4.79 Å². The molecule has 1 atom stereocenters. The summed E-state index contributed by atoms with van der Waals surface area (Å²) < 4.78 is 0.711. The van der Waals surface area contributed by atoms with Crippen LogP contribution >= 0.6 is 15.9 Å². The second-order valence-corrected chi connectivity index (χ2v) is 5.36. The first-order valence-corrected chi connectivity index (χ1v) is 6.59. The van der Waals surface area contributed by atoms with Crippen molar-refractivity contribution in [2.45, 2.75) is 25.8 Å². The fourth-order valence-corrected chi connectivity index (χ4v) is 2.30. The van der Waals surface area contributed by atoms with Crippen LogP contribution in [0.2, 0.25) is 0 Å². The zero-order valence-electron chi connectivity index (χ0n) is 9.94. The summed E-state index contributed by atoms with van der Waals surface area (Å²) in [6, 6.07) is 4.57. The van der Waals surface area contributed by atoms with Crippen LogP contribution in [0.25, 0.3) is 0 Å². The number of nitrogens with one attached hydrogen (secondary N) is 1. The molecule has 96 valence electrons. The van der Waals surface area contributed by atoms with Crippen molar-refractivity contribution >= 4 is 27.8 Å². The summed E-state index contributed by atoms with van der Waals surface area (Å²) in [7, 11) is 0. The molecular weight excluding hydrogens is 298 g/mol. The quantitative estimate of drug-likeness (QED) is 0.897. The summed E-state index contributed by atoms with van der Waals surface area (Å²) in [5.74, 6) is -1.23. The van der Waals surface area contributed by atoms with E-state index in [0.29, 0.717) is 10.0 Å². The Bertz CT molecular complexity index is 497. The average molecular weight is 312 g/mol. The van der Waals surface area contributed by atoms with Crippen LogP contribution in [0, 0.1) is 12.8 Å². The van der Waals surface area contributed by atoms with Gasteiger partial charge in [-0.15, -0.1) is 0 Å². The molecule has 2 rings (SSSR count). The van der Waals surface area contributed by atoms with E-state index in [1.165, 1.54) is 0 Å². The highest BCUT2D eigenvalue weighted by molar-refractivity contribution is 9.10. The average Bonchev–Trinajstić information content (AvgIpc) is 3.13. The van der Waals surface area contributed by atoms with Gasteiger partial charge in [0.25, 0.3) is 5.91 Å². The maximum atomic E-state index is 12.1. The van der Waals surface area contributed by atoms with E-state index in [0.717, 1.165) is 18.4 Å². The molecule has 0 radical (unpaired) electrons. The van der Waals surface area contributed by atoms with Gasteiger partial charge in [-0.25, -0.2) is 4.79 Å². The monoisotopic (exact) mass is 311 g/mol. The SMILES string of the molecule is Cc1cccc(C(=O)NC(C(=O)O)C2CC2)c1Br. The van der Waals surface area contributed by atoms with Crippen molar-refractivity contribution in [2.75, 3.05) is 0 Å². The summed E-state index contributed by atoms with van der Waals surface area (Å²) in [6.07, 6.45) is 1.73. The number of carboxylic acid groups (broad SMARTS) is 1. The second kappa shape index (κ2) is 5.10. The smallest absolute Gasteiger partial charge is 0.326 e. The lowest BCUT2D eigenvalue weighted by molar-refractivity contribution is -0.139. The Balaban J connectivity index is 2.16. The highest BCUT2D eigenvalue weighted by atomic mass is 79.9. The predicted molar refractivity (Wildman–Crippen MR) is 70.5 cm³/mol. The van der Waals surface area contributed by atoms with Crippen LogP contribution < -0.4 is 5.32 Å². The Morgan fingerprint density at radius 2 is 2.11 bits per heavy atom. The Kier molecular flexibility index (Phi) is 3.71. The van der Waals surface area contributed by atoms with Crippen molar-refractivity contribution in [2.24, 2.45) is 5.92 Å². The number of aliphatic carboxylic acids is 1. The van der Waals surface area contributed by atoms with Gasteiger partial charge >= 0.3 is 5.97 Å². The number of carbonyl (C=O) groups excluding carboxylic acids is 1. The van der Waals surface area contributed by atoms with Gasteiger partial charge in [0, 0.05) is 4.47 Å². The van der Waals surface area contributed by atoms with Crippen LogP contribution in [0.3, 0.4) is 0 Å². The van der Waals surface area contributed by atoms with Gasteiger partial charge in [-0.1, -0.05) is 12.1 Å². The van der Waals surface area contributed by atoms with Gasteiger partial charge in [0.1, 0.15) is 6.04 Å². The highest BCUT2D eigenvalue weighted by Gasteiger charge is 2.37. The van der Waals surface area contributed by atoms with Crippen molar-refractivity contribution < 1.29 is 14.7 Å². The molecule has 0 aliphatic heterocycles. The molecule has 1 aromatic carbocycles. The predicted octanol–water partition coefficient (Wildman–Crippen LogP) is 2.35. The number of aryl methyl sites for hydroxylation is 1. The van der Waals surface area contributed by atoms with Gasteiger partial charge in [-0.2, -0.15) is 0 Å². The van der Waals surface area contributed by atoms with E-state index in [1.54, 1.807) is 12.1 Å². The van der Waals surface area contributed by atoms with E-state index in [-0.39, 0.29) is 11.8 Å². The molecule has 1 aliphatic rings. The third-order valence-electron chi connectivity index (χ3n) is 3.08. The summed E-state index contributed by atoms with van der Waals surface area (Å²) in [4.78, 5) is 23.1. The lowest BCUT2D eigenvalue weighted by Gasteiger charge is -2.14. The molecule has 1 amide bonds. The molecule has 4 nitrogen and oxygen atoms in total. The lowest BCUT2D eigenvalue weighted by atomic mass is 10.1.